The third kappa shape index (κ3) is 2.71. The molecule has 1 aromatic rings. The van der Waals surface area contributed by atoms with Crippen molar-refractivity contribution in [3.63, 3.8) is 0 Å². The van der Waals surface area contributed by atoms with Crippen LogP contribution < -0.4 is 5.73 Å². The minimum Gasteiger partial charge on any atom is -0.395 e. The highest BCUT2D eigenvalue weighted by Crippen LogP contribution is 2.38. The van der Waals surface area contributed by atoms with Crippen LogP contribution >= 0.6 is 11.3 Å². The van der Waals surface area contributed by atoms with E-state index in [0.29, 0.717) is 11.3 Å². The number of anilines is 1. The van der Waals surface area contributed by atoms with Crippen molar-refractivity contribution in [3.8, 4) is 0 Å². The van der Waals surface area contributed by atoms with E-state index in [1.165, 1.54) is 4.31 Å². The largest absolute Gasteiger partial charge is 0.395 e. The molecule has 0 aromatic carbocycles. The summed E-state index contributed by atoms with van der Waals surface area (Å²) in [6.45, 7) is -0.308. The molecule has 19 heavy (non-hydrogen) atoms. The maximum Gasteiger partial charge on any atom is 0.304 e. The van der Waals surface area contributed by atoms with Gasteiger partial charge in [-0.25, -0.2) is 8.42 Å². The number of thiophene rings is 1. The molecule has 0 bridgehead atoms. The molecule has 0 spiro atoms. The highest BCUT2D eigenvalue weighted by molar-refractivity contribution is 7.91. The molecular formula is C9H13N3O5S2. The molecule has 1 aliphatic rings. The number of nitrogens with two attached hydrogens (primary N) is 1. The van der Waals surface area contributed by atoms with Crippen LogP contribution in [0.15, 0.2) is 10.3 Å². The van der Waals surface area contributed by atoms with Gasteiger partial charge in [-0.1, -0.05) is 11.3 Å². The first kappa shape index (κ1) is 14.2. The number of sulfonamides is 1. The van der Waals surface area contributed by atoms with Crippen molar-refractivity contribution >= 4 is 32.0 Å². The Labute approximate surface area is 113 Å². The number of nitrogen functional groups attached to an aromatic ring is 1. The first-order valence-electron chi connectivity index (χ1n) is 5.54. The number of nitro groups is 1. The van der Waals surface area contributed by atoms with E-state index < -0.39 is 20.6 Å². The van der Waals surface area contributed by atoms with E-state index in [4.69, 9.17) is 10.8 Å². The Balaban J connectivity index is 2.37. The van der Waals surface area contributed by atoms with Crippen molar-refractivity contribution in [2.75, 3.05) is 18.9 Å². The molecule has 1 fully saturated rings. The van der Waals surface area contributed by atoms with Gasteiger partial charge in [0.05, 0.1) is 11.5 Å². The number of aliphatic hydroxyl groups is 1. The second-order valence-corrected chi connectivity index (χ2v) is 7.34. The molecule has 0 radical (unpaired) electrons. The van der Waals surface area contributed by atoms with Gasteiger partial charge >= 0.3 is 5.69 Å². The monoisotopic (exact) mass is 307 g/mol. The Hall–Kier alpha value is -1.23. The smallest absolute Gasteiger partial charge is 0.304 e. The van der Waals surface area contributed by atoms with Gasteiger partial charge in [0.25, 0.3) is 10.0 Å². The van der Waals surface area contributed by atoms with Crippen LogP contribution in [0, 0.1) is 10.1 Å². The van der Waals surface area contributed by atoms with Gasteiger partial charge in [0.15, 0.2) is 5.00 Å². The fourth-order valence-electron chi connectivity index (χ4n) is 1.72. The summed E-state index contributed by atoms with van der Waals surface area (Å²) in [4.78, 5) is 9.98. The van der Waals surface area contributed by atoms with E-state index in [2.05, 4.69) is 0 Å². The lowest BCUT2D eigenvalue weighted by Gasteiger charge is -2.19. The Kier molecular flexibility index (Phi) is 3.76. The molecule has 8 nitrogen and oxygen atoms in total. The molecule has 0 amide bonds. The first-order valence-corrected chi connectivity index (χ1v) is 7.80. The lowest BCUT2D eigenvalue weighted by atomic mass is 10.5. The number of hydrogen-bond donors (Lipinski definition) is 2. The van der Waals surface area contributed by atoms with Gasteiger partial charge in [-0.3, -0.25) is 10.1 Å². The molecule has 1 heterocycles. The maximum absolute atomic E-state index is 12.3. The van der Waals surface area contributed by atoms with Gasteiger partial charge in [-0.2, -0.15) is 4.31 Å². The lowest BCUT2D eigenvalue weighted by molar-refractivity contribution is -0.383. The van der Waals surface area contributed by atoms with Gasteiger partial charge in [-0.05, 0) is 12.8 Å². The molecule has 2 rings (SSSR count). The van der Waals surface area contributed by atoms with Crippen LogP contribution in [0.5, 0.6) is 0 Å². The van der Waals surface area contributed by atoms with Crippen molar-refractivity contribution in [2.24, 2.45) is 0 Å². The van der Waals surface area contributed by atoms with Crippen LogP contribution in [0.4, 0.5) is 10.7 Å². The summed E-state index contributed by atoms with van der Waals surface area (Å²) in [6, 6.07) is 0.849. The lowest BCUT2D eigenvalue weighted by Crippen LogP contribution is -2.35. The van der Waals surface area contributed by atoms with Crippen LogP contribution in [-0.2, 0) is 10.0 Å². The Morgan fingerprint density at radius 1 is 1.58 bits per heavy atom. The van der Waals surface area contributed by atoms with Crippen molar-refractivity contribution in [1.29, 1.82) is 0 Å². The van der Waals surface area contributed by atoms with Crippen LogP contribution in [0.2, 0.25) is 0 Å². The van der Waals surface area contributed by atoms with Gasteiger partial charge in [0, 0.05) is 18.7 Å². The predicted molar refractivity (Wildman–Crippen MR) is 69.4 cm³/mol. The average Bonchev–Trinajstić information content (AvgIpc) is 3.07. The molecular weight excluding hydrogens is 294 g/mol. The normalized spacial score (nSPS) is 15.9. The molecule has 106 valence electrons. The summed E-state index contributed by atoms with van der Waals surface area (Å²) in [5, 5.41) is 19.5. The van der Waals surface area contributed by atoms with E-state index in [-0.39, 0.29) is 28.4 Å². The quantitative estimate of drug-likeness (QED) is 0.578. The van der Waals surface area contributed by atoms with Crippen LogP contribution in [0.3, 0.4) is 0 Å². The Morgan fingerprint density at radius 3 is 2.63 bits per heavy atom. The van der Waals surface area contributed by atoms with Gasteiger partial charge in [0.2, 0.25) is 0 Å². The third-order valence-electron chi connectivity index (χ3n) is 2.75. The van der Waals surface area contributed by atoms with Crippen molar-refractivity contribution < 1.29 is 18.4 Å². The van der Waals surface area contributed by atoms with Crippen LogP contribution in [0.1, 0.15) is 12.8 Å². The van der Waals surface area contributed by atoms with E-state index in [9.17, 15) is 18.5 Å². The molecule has 0 saturated heterocycles. The minimum atomic E-state index is -3.83. The summed E-state index contributed by atoms with van der Waals surface area (Å²) >= 11 is 0.674. The summed E-state index contributed by atoms with van der Waals surface area (Å²) in [5.74, 6) is 0. The number of nitrogens with zero attached hydrogens (tertiary/aromatic N) is 2. The fraction of sp³-hybridized carbons (Fsp3) is 0.556. The van der Waals surface area contributed by atoms with E-state index in [1.54, 1.807) is 0 Å². The van der Waals surface area contributed by atoms with Gasteiger partial charge in [0.1, 0.15) is 4.21 Å². The Bertz CT molecular complexity index is 593. The highest BCUT2D eigenvalue weighted by Gasteiger charge is 2.39. The van der Waals surface area contributed by atoms with Crippen molar-refractivity contribution in [3.05, 3.63) is 16.2 Å². The molecule has 1 aliphatic carbocycles. The molecule has 0 atom stereocenters. The SMILES string of the molecule is Nc1sc(S(=O)(=O)N(CCO)C2CC2)cc1[N+](=O)[O-]. The first-order chi connectivity index (χ1) is 8.87. The second-order valence-electron chi connectivity index (χ2n) is 4.14. The van der Waals surface area contributed by atoms with E-state index in [0.717, 1.165) is 18.9 Å². The summed E-state index contributed by atoms with van der Waals surface area (Å²) in [6.07, 6.45) is 1.48. The van der Waals surface area contributed by atoms with E-state index in [1.807, 2.05) is 0 Å². The molecule has 0 unspecified atom stereocenters. The predicted octanol–water partition coefficient (Wildman–Crippen LogP) is 0.384. The number of hydrogen-bond acceptors (Lipinski definition) is 7. The van der Waals surface area contributed by atoms with Crippen molar-refractivity contribution in [2.45, 2.75) is 23.1 Å². The standard InChI is InChI=1S/C9H13N3O5S2/c10-9-7(12(14)15)5-8(18-9)19(16,17)11(3-4-13)6-1-2-6/h5-6,13H,1-4,10H2. The zero-order valence-electron chi connectivity index (χ0n) is 9.85. The average molecular weight is 307 g/mol. The third-order valence-corrected chi connectivity index (χ3v) is 6.11. The molecule has 3 N–H and O–H groups in total. The summed E-state index contributed by atoms with van der Waals surface area (Å²) in [7, 11) is -3.83. The zero-order chi connectivity index (χ0) is 14.2. The van der Waals surface area contributed by atoms with Gasteiger partial charge in [-0.15, -0.1) is 0 Å². The minimum absolute atomic E-state index is 0.0153. The Morgan fingerprint density at radius 2 is 2.21 bits per heavy atom. The second kappa shape index (κ2) is 5.04. The highest BCUT2D eigenvalue weighted by atomic mass is 32.2. The molecule has 1 aromatic heterocycles. The molecule has 0 aliphatic heterocycles. The topological polar surface area (TPSA) is 127 Å². The fourth-order valence-corrected chi connectivity index (χ4v) is 4.74. The van der Waals surface area contributed by atoms with Gasteiger partial charge < -0.3 is 10.8 Å². The van der Waals surface area contributed by atoms with Crippen molar-refractivity contribution in [1.82, 2.24) is 4.31 Å². The summed E-state index contributed by atoms with van der Waals surface area (Å²) < 4.78 is 25.7. The van der Waals surface area contributed by atoms with Crippen LogP contribution in [0.25, 0.3) is 0 Å². The summed E-state index contributed by atoms with van der Waals surface area (Å²) in [5.41, 5.74) is 5.05. The zero-order valence-corrected chi connectivity index (χ0v) is 11.5. The van der Waals surface area contributed by atoms with E-state index >= 15 is 0 Å². The molecule has 10 heteroatoms. The number of rotatable bonds is 6. The molecule has 1 saturated carbocycles. The number of aliphatic hydroxyl groups excluding tert-OH is 1. The van der Waals surface area contributed by atoms with Crippen LogP contribution in [-0.4, -0.2) is 41.9 Å². The maximum atomic E-state index is 12.3.